The van der Waals surface area contributed by atoms with E-state index < -0.39 is 0 Å². The van der Waals surface area contributed by atoms with Gasteiger partial charge in [0, 0.05) is 25.8 Å². The molecule has 0 fully saturated rings. The number of hydrogen-bond donors (Lipinski definition) is 1. The van der Waals surface area contributed by atoms with Crippen molar-refractivity contribution in [1.29, 1.82) is 0 Å². The Kier molecular flexibility index (Phi) is 4.33. The Bertz CT molecular complexity index is 283. The summed E-state index contributed by atoms with van der Waals surface area (Å²) in [5, 5.41) is 3.47. The van der Waals surface area contributed by atoms with Crippen LogP contribution in [0.5, 0.6) is 0 Å². The van der Waals surface area contributed by atoms with Crippen molar-refractivity contribution in [2.45, 2.75) is 47.2 Å². The molecule has 1 rings (SSSR count). The fourth-order valence-electron chi connectivity index (χ4n) is 1.50. The molecule has 1 N–H and O–H groups in total. The van der Waals surface area contributed by atoms with E-state index in [1.54, 1.807) is 0 Å². The second-order valence-corrected chi connectivity index (χ2v) is 5.24. The van der Waals surface area contributed by atoms with Crippen LogP contribution in [-0.4, -0.2) is 16.1 Å². The molecule has 0 spiro atoms. The van der Waals surface area contributed by atoms with Crippen LogP contribution in [0, 0.1) is 5.41 Å². The molecule has 1 aromatic rings. The third-order valence-electron chi connectivity index (χ3n) is 2.22. The van der Waals surface area contributed by atoms with E-state index in [9.17, 15) is 0 Å². The van der Waals surface area contributed by atoms with Gasteiger partial charge in [-0.15, -0.1) is 0 Å². The predicted octanol–water partition coefficient (Wildman–Crippen LogP) is 2.43. The van der Waals surface area contributed by atoms with Crippen LogP contribution in [0.3, 0.4) is 0 Å². The van der Waals surface area contributed by atoms with Crippen LogP contribution < -0.4 is 5.32 Å². The standard InChI is InChI=1S/C12H23N3/c1-5-6-15-10-14-8-11(15)7-13-9-12(2,3)4/h8,10,13H,5-7,9H2,1-4H3. The van der Waals surface area contributed by atoms with Crippen molar-refractivity contribution in [3.8, 4) is 0 Å². The molecule has 0 atom stereocenters. The van der Waals surface area contributed by atoms with Crippen LogP contribution in [0.25, 0.3) is 0 Å². The fraction of sp³-hybridized carbons (Fsp3) is 0.750. The zero-order valence-corrected chi connectivity index (χ0v) is 10.4. The Morgan fingerprint density at radius 1 is 1.40 bits per heavy atom. The van der Waals surface area contributed by atoms with Gasteiger partial charge < -0.3 is 9.88 Å². The summed E-state index contributed by atoms with van der Waals surface area (Å²) in [5.41, 5.74) is 1.62. The maximum absolute atomic E-state index is 4.18. The highest BCUT2D eigenvalue weighted by atomic mass is 15.1. The van der Waals surface area contributed by atoms with E-state index in [4.69, 9.17) is 0 Å². The highest BCUT2D eigenvalue weighted by Gasteiger charge is 2.09. The van der Waals surface area contributed by atoms with Crippen molar-refractivity contribution in [1.82, 2.24) is 14.9 Å². The lowest BCUT2D eigenvalue weighted by Crippen LogP contribution is -2.27. The van der Waals surface area contributed by atoms with E-state index >= 15 is 0 Å². The van der Waals surface area contributed by atoms with Gasteiger partial charge in [0.05, 0.1) is 12.0 Å². The number of hydrogen-bond acceptors (Lipinski definition) is 2. The first-order valence-corrected chi connectivity index (χ1v) is 5.72. The largest absolute Gasteiger partial charge is 0.333 e. The van der Waals surface area contributed by atoms with Crippen molar-refractivity contribution < 1.29 is 0 Å². The second-order valence-electron chi connectivity index (χ2n) is 5.24. The Balaban J connectivity index is 2.40. The lowest BCUT2D eigenvalue weighted by Gasteiger charge is -2.19. The van der Waals surface area contributed by atoms with Gasteiger partial charge in [0.1, 0.15) is 0 Å². The first-order chi connectivity index (χ1) is 7.03. The van der Waals surface area contributed by atoms with Crippen molar-refractivity contribution in [3.05, 3.63) is 18.2 Å². The summed E-state index contributed by atoms with van der Waals surface area (Å²) in [4.78, 5) is 4.18. The minimum Gasteiger partial charge on any atom is -0.333 e. The van der Waals surface area contributed by atoms with E-state index in [2.05, 4.69) is 42.6 Å². The van der Waals surface area contributed by atoms with Gasteiger partial charge in [-0.25, -0.2) is 4.98 Å². The molecule has 0 aromatic carbocycles. The highest BCUT2D eigenvalue weighted by Crippen LogP contribution is 2.10. The molecule has 1 aromatic heterocycles. The van der Waals surface area contributed by atoms with E-state index in [1.165, 1.54) is 5.69 Å². The molecule has 0 unspecified atom stereocenters. The van der Waals surface area contributed by atoms with Gasteiger partial charge in [0.25, 0.3) is 0 Å². The number of nitrogens with zero attached hydrogens (tertiary/aromatic N) is 2. The van der Waals surface area contributed by atoms with Crippen LogP contribution in [0.1, 0.15) is 39.8 Å². The lowest BCUT2D eigenvalue weighted by atomic mass is 9.97. The zero-order valence-electron chi connectivity index (χ0n) is 10.4. The van der Waals surface area contributed by atoms with Gasteiger partial charge >= 0.3 is 0 Å². The Morgan fingerprint density at radius 2 is 2.13 bits per heavy atom. The number of aryl methyl sites for hydroxylation is 1. The summed E-state index contributed by atoms with van der Waals surface area (Å²) in [6, 6.07) is 0. The topological polar surface area (TPSA) is 29.9 Å². The van der Waals surface area contributed by atoms with E-state index in [0.717, 1.165) is 26.1 Å². The second kappa shape index (κ2) is 5.31. The molecule has 86 valence electrons. The van der Waals surface area contributed by atoms with Gasteiger partial charge in [-0.1, -0.05) is 27.7 Å². The molecule has 0 saturated carbocycles. The molecule has 0 aliphatic carbocycles. The van der Waals surface area contributed by atoms with E-state index in [-0.39, 0.29) is 0 Å². The molecule has 0 saturated heterocycles. The third-order valence-corrected chi connectivity index (χ3v) is 2.22. The normalized spacial score (nSPS) is 12.0. The molecule has 3 nitrogen and oxygen atoms in total. The van der Waals surface area contributed by atoms with Gasteiger partial charge in [0.2, 0.25) is 0 Å². The van der Waals surface area contributed by atoms with Crippen LogP contribution in [-0.2, 0) is 13.1 Å². The Hall–Kier alpha value is -0.830. The number of rotatable bonds is 5. The summed E-state index contributed by atoms with van der Waals surface area (Å²) in [7, 11) is 0. The molecule has 0 bridgehead atoms. The third kappa shape index (κ3) is 4.47. The first-order valence-electron chi connectivity index (χ1n) is 5.72. The number of nitrogens with one attached hydrogen (secondary N) is 1. The summed E-state index contributed by atoms with van der Waals surface area (Å²) in [5.74, 6) is 0. The quantitative estimate of drug-likeness (QED) is 0.807. The van der Waals surface area contributed by atoms with Crippen molar-refractivity contribution in [2.24, 2.45) is 5.41 Å². The Labute approximate surface area is 92.9 Å². The Morgan fingerprint density at radius 3 is 2.73 bits per heavy atom. The minimum atomic E-state index is 0.343. The molecule has 0 radical (unpaired) electrons. The monoisotopic (exact) mass is 209 g/mol. The molecule has 0 amide bonds. The summed E-state index contributed by atoms with van der Waals surface area (Å²) < 4.78 is 2.22. The van der Waals surface area contributed by atoms with Gasteiger partial charge in [-0.3, -0.25) is 0 Å². The average Bonchev–Trinajstić information content (AvgIpc) is 2.51. The fourth-order valence-corrected chi connectivity index (χ4v) is 1.50. The van der Waals surface area contributed by atoms with Gasteiger partial charge in [-0.2, -0.15) is 0 Å². The van der Waals surface area contributed by atoms with E-state index in [0.29, 0.717) is 5.41 Å². The molecule has 15 heavy (non-hydrogen) atoms. The molecular weight excluding hydrogens is 186 g/mol. The summed E-state index contributed by atoms with van der Waals surface area (Å²) in [6.45, 7) is 11.9. The minimum absolute atomic E-state index is 0.343. The van der Waals surface area contributed by atoms with Gasteiger partial charge in [-0.05, 0) is 11.8 Å². The zero-order chi connectivity index (χ0) is 11.3. The van der Waals surface area contributed by atoms with Crippen molar-refractivity contribution in [2.75, 3.05) is 6.54 Å². The molecule has 3 heteroatoms. The predicted molar refractivity (Wildman–Crippen MR) is 63.7 cm³/mol. The summed E-state index contributed by atoms with van der Waals surface area (Å²) in [6.07, 6.45) is 5.02. The average molecular weight is 209 g/mol. The SMILES string of the molecule is CCCn1cncc1CNCC(C)(C)C. The maximum atomic E-state index is 4.18. The van der Waals surface area contributed by atoms with Gasteiger partial charge in [0.15, 0.2) is 0 Å². The molecular formula is C12H23N3. The van der Waals surface area contributed by atoms with Crippen LogP contribution in [0.4, 0.5) is 0 Å². The van der Waals surface area contributed by atoms with Crippen LogP contribution in [0.15, 0.2) is 12.5 Å². The smallest absolute Gasteiger partial charge is 0.0948 e. The van der Waals surface area contributed by atoms with Crippen molar-refractivity contribution in [3.63, 3.8) is 0 Å². The molecule has 0 aliphatic rings. The van der Waals surface area contributed by atoms with Crippen LogP contribution in [0.2, 0.25) is 0 Å². The lowest BCUT2D eigenvalue weighted by molar-refractivity contribution is 0.376. The number of aromatic nitrogens is 2. The first kappa shape index (κ1) is 12.2. The van der Waals surface area contributed by atoms with Crippen molar-refractivity contribution >= 4 is 0 Å². The van der Waals surface area contributed by atoms with E-state index in [1.807, 2.05) is 12.5 Å². The summed E-state index contributed by atoms with van der Waals surface area (Å²) >= 11 is 0. The molecule has 1 heterocycles. The number of imidazole rings is 1. The van der Waals surface area contributed by atoms with Crippen LogP contribution >= 0.6 is 0 Å². The maximum Gasteiger partial charge on any atom is 0.0948 e. The molecule has 0 aliphatic heterocycles. The highest BCUT2D eigenvalue weighted by molar-refractivity contribution is 4.97.